The van der Waals surface area contributed by atoms with Gasteiger partial charge in [0.1, 0.15) is 5.52 Å². The minimum Gasteiger partial charge on any atom is -0.423 e. The second-order valence-electron chi connectivity index (χ2n) is 4.89. The van der Waals surface area contributed by atoms with Gasteiger partial charge in [-0.15, -0.1) is 0 Å². The molecular weight excluding hydrogens is 256 g/mol. The molecule has 4 rings (SSSR count). The van der Waals surface area contributed by atoms with Gasteiger partial charge >= 0.3 is 0 Å². The summed E-state index contributed by atoms with van der Waals surface area (Å²) in [5, 5.41) is 13.5. The molecular formula is C14H14N4O2. The molecule has 1 aliphatic rings. The Morgan fingerprint density at radius 3 is 3.00 bits per heavy atom. The highest BCUT2D eigenvalue weighted by Gasteiger charge is 2.22. The summed E-state index contributed by atoms with van der Waals surface area (Å²) in [6.07, 6.45) is 0. The molecule has 1 N–H and O–H groups in total. The maximum Gasteiger partial charge on any atom is 0.298 e. The van der Waals surface area contributed by atoms with E-state index in [1.165, 1.54) is 0 Å². The van der Waals surface area contributed by atoms with Crippen molar-refractivity contribution in [1.29, 1.82) is 0 Å². The Kier molecular flexibility index (Phi) is 2.50. The van der Waals surface area contributed by atoms with E-state index < -0.39 is 0 Å². The molecule has 0 spiro atoms. The van der Waals surface area contributed by atoms with E-state index >= 15 is 0 Å². The van der Waals surface area contributed by atoms with Gasteiger partial charge in [-0.05, 0) is 18.2 Å². The van der Waals surface area contributed by atoms with E-state index in [2.05, 4.69) is 15.0 Å². The molecule has 0 saturated carbocycles. The van der Waals surface area contributed by atoms with Crippen molar-refractivity contribution in [3.05, 3.63) is 41.7 Å². The lowest BCUT2D eigenvalue weighted by Gasteiger charge is -2.25. The van der Waals surface area contributed by atoms with Crippen molar-refractivity contribution < 1.29 is 9.52 Å². The number of oxazole rings is 1. The van der Waals surface area contributed by atoms with Gasteiger partial charge in [0, 0.05) is 6.54 Å². The van der Waals surface area contributed by atoms with Gasteiger partial charge in [0.25, 0.3) is 6.01 Å². The zero-order chi connectivity index (χ0) is 13.5. The molecule has 20 heavy (non-hydrogen) atoms. The minimum absolute atomic E-state index is 0.0249. The normalized spacial score (nSPS) is 14.8. The number of nitrogens with zero attached hydrogens (tertiary/aromatic N) is 4. The molecule has 2 aromatic heterocycles. The molecule has 3 heterocycles. The highest BCUT2D eigenvalue weighted by atomic mass is 16.4. The first kappa shape index (κ1) is 11.5. The van der Waals surface area contributed by atoms with Crippen LogP contribution in [0.25, 0.3) is 11.1 Å². The van der Waals surface area contributed by atoms with Gasteiger partial charge in [-0.3, -0.25) is 4.68 Å². The topological polar surface area (TPSA) is 67.3 Å². The number of anilines is 1. The zero-order valence-electron chi connectivity index (χ0n) is 10.9. The van der Waals surface area contributed by atoms with E-state index in [9.17, 15) is 0 Å². The number of aliphatic hydroxyl groups excluding tert-OH is 1. The molecule has 0 bridgehead atoms. The molecule has 6 heteroatoms. The Morgan fingerprint density at radius 1 is 1.25 bits per heavy atom. The molecule has 6 nitrogen and oxygen atoms in total. The van der Waals surface area contributed by atoms with Crippen molar-refractivity contribution in [2.75, 3.05) is 11.4 Å². The van der Waals surface area contributed by atoms with Crippen LogP contribution in [0.4, 0.5) is 6.01 Å². The summed E-state index contributed by atoms with van der Waals surface area (Å²) in [5.41, 5.74) is 3.46. The predicted molar refractivity (Wildman–Crippen MR) is 73.2 cm³/mol. The third-order valence-electron chi connectivity index (χ3n) is 3.56. The highest BCUT2D eigenvalue weighted by Crippen LogP contribution is 2.25. The summed E-state index contributed by atoms with van der Waals surface area (Å²) in [6, 6.07) is 10.3. The Labute approximate surface area is 115 Å². The van der Waals surface area contributed by atoms with Crippen LogP contribution < -0.4 is 4.90 Å². The van der Waals surface area contributed by atoms with Crippen LogP contribution in [0.3, 0.4) is 0 Å². The summed E-state index contributed by atoms with van der Waals surface area (Å²) in [7, 11) is 0. The third kappa shape index (κ3) is 1.77. The number of hydrogen-bond donors (Lipinski definition) is 1. The summed E-state index contributed by atoms with van der Waals surface area (Å²) < 4.78 is 7.73. The lowest BCUT2D eigenvalue weighted by Crippen LogP contribution is -2.33. The van der Waals surface area contributed by atoms with Gasteiger partial charge in [-0.1, -0.05) is 12.1 Å². The summed E-state index contributed by atoms with van der Waals surface area (Å²) in [6.45, 7) is 2.24. The van der Waals surface area contributed by atoms with Crippen LogP contribution in [0.5, 0.6) is 0 Å². The molecule has 0 amide bonds. The second-order valence-corrected chi connectivity index (χ2v) is 4.89. The number of aliphatic hydroxyl groups is 1. The quantitative estimate of drug-likeness (QED) is 0.765. The SMILES string of the molecule is OCc1cc2n(n1)CCN(c1nc3ccccc3o1)C2. The molecule has 102 valence electrons. The molecule has 0 aliphatic carbocycles. The van der Waals surface area contributed by atoms with E-state index in [4.69, 9.17) is 9.52 Å². The fourth-order valence-corrected chi connectivity index (χ4v) is 2.56. The fourth-order valence-electron chi connectivity index (χ4n) is 2.56. The molecule has 0 saturated heterocycles. The Hall–Kier alpha value is -2.34. The number of fused-ring (bicyclic) bond motifs is 2. The zero-order valence-corrected chi connectivity index (χ0v) is 10.9. The lowest BCUT2D eigenvalue weighted by atomic mass is 10.3. The average molecular weight is 270 g/mol. The number of aromatic nitrogens is 3. The fraction of sp³-hybridized carbons (Fsp3) is 0.286. The molecule has 0 unspecified atom stereocenters. The van der Waals surface area contributed by atoms with Crippen molar-refractivity contribution in [1.82, 2.24) is 14.8 Å². The van der Waals surface area contributed by atoms with Crippen LogP contribution >= 0.6 is 0 Å². The van der Waals surface area contributed by atoms with E-state index in [1.54, 1.807) is 0 Å². The van der Waals surface area contributed by atoms with E-state index in [1.807, 2.05) is 35.0 Å². The smallest absolute Gasteiger partial charge is 0.298 e. The van der Waals surface area contributed by atoms with Crippen LogP contribution in [-0.4, -0.2) is 26.4 Å². The van der Waals surface area contributed by atoms with Gasteiger partial charge in [0.15, 0.2) is 5.58 Å². The molecule has 1 aromatic carbocycles. The monoisotopic (exact) mass is 270 g/mol. The van der Waals surface area contributed by atoms with Gasteiger partial charge in [-0.2, -0.15) is 10.1 Å². The van der Waals surface area contributed by atoms with Crippen LogP contribution in [0, 0.1) is 0 Å². The van der Waals surface area contributed by atoms with Crippen molar-refractivity contribution in [3.8, 4) is 0 Å². The number of benzene rings is 1. The van der Waals surface area contributed by atoms with Crippen molar-refractivity contribution in [2.24, 2.45) is 0 Å². The van der Waals surface area contributed by atoms with Crippen molar-refractivity contribution in [3.63, 3.8) is 0 Å². The molecule has 0 radical (unpaired) electrons. The number of hydrogen-bond acceptors (Lipinski definition) is 5. The second kappa shape index (κ2) is 4.35. The third-order valence-corrected chi connectivity index (χ3v) is 3.56. The van der Waals surface area contributed by atoms with Gasteiger partial charge in [0.05, 0.1) is 31.1 Å². The predicted octanol–water partition coefficient (Wildman–Crippen LogP) is 1.54. The number of para-hydroxylation sites is 2. The maximum absolute atomic E-state index is 9.14. The van der Waals surface area contributed by atoms with E-state index in [-0.39, 0.29) is 6.61 Å². The molecule has 1 aliphatic heterocycles. The lowest BCUT2D eigenvalue weighted by molar-refractivity contribution is 0.275. The van der Waals surface area contributed by atoms with Crippen LogP contribution in [0.1, 0.15) is 11.4 Å². The first-order valence-corrected chi connectivity index (χ1v) is 6.60. The molecule has 3 aromatic rings. The van der Waals surface area contributed by atoms with Crippen molar-refractivity contribution in [2.45, 2.75) is 19.7 Å². The average Bonchev–Trinajstić information content (AvgIpc) is 3.09. The van der Waals surface area contributed by atoms with Gasteiger partial charge in [-0.25, -0.2) is 0 Å². The molecule has 0 atom stereocenters. The highest BCUT2D eigenvalue weighted by molar-refractivity contribution is 5.74. The minimum atomic E-state index is -0.0249. The van der Waals surface area contributed by atoms with E-state index in [0.717, 1.165) is 29.9 Å². The largest absolute Gasteiger partial charge is 0.423 e. The summed E-state index contributed by atoms with van der Waals surface area (Å²) in [4.78, 5) is 6.61. The van der Waals surface area contributed by atoms with Crippen LogP contribution in [0.2, 0.25) is 0 Å². The summed E-state index contributed by atoms with van der Waals surface area (Å²) >= 11 is 0. The first-order valence-electron chi connectivity index (χ1n) is 6.60. The first-order chi connectivity index (χ1) is 9.83. The standard InChI is InChI=1S/C14H14N4O2/c19-9-10-7-11-8-17(5-6-18(11)16-10)14-15-12-3-1-2-4-13(12)20-14/h1-4,7,19H,5-6,8-9H2. The van der Waals surface area contributed by atoms with Crippen molar-refractivity contribution >= 4 is 17.1 Å². The summed E-state index contributed by atoms with van der Waals surface area (Å²) in [5.74, 6) is 0. The van der Waals surface area contributed by atoms with E-state index in [0.29, 0.717) is 18.3 Å². The maximum atomic E-state index is 9.14. The Morgan fingerprint density at radius 2 is 2.15 bits per heavy atom. The van der Waals surface area contributed by atoms with Gasteiger partial charge in [0.2, 0.25) is 0 Å². The van der Waals surface area contributed by atoms with Crippen LogP contribution in [-0.2, 0) is 19.7 Å². The number of rotatable bonds is 2. The van der Waals surface area contributed by atoms with Crippen LogP contribution in [0.15, 0.2) is 34.7 Å². The Balaban J connectivity index is 1.66. The van der Waals surface area contributed by atoms with Gasteiger partial charge < -0.3 is 14.4 Å². The molecule has 0 fully saturated rings. The Bertz CT molecular complexity index is 728.